The summed E-state index contributed by atoms with van der Waals surface area (Å²) in [5, 5.41) is 3.01. The third kappa shape index (κ3) is 5.50. The van der Waals surface area contributed by atoms with Crippen molar-refractivity contribution >= 4 is 15.9 Å². The number of rotatable bonds is 6. The first-order valence-electron chi connectivity index (χ1n) is 6.03. The molecule has 0 saturated heterocycles. The van der Waals surface area contributed by atoms with E-state index in [1.54, 1.807) is 24.3 Å². The zero-order valence-corrected chi connectivity index (χ0v) is 12.4. The third-order valence-corrected chi connectivity index (χ3v) is 3.18. The van der Waals surface area contributed by atoms with Crippen molar-refractivity contribution in [2.45, 2.75) is 32.2 Å². The summed E-state index contributed by atoms with van der Waals surface area (Å²) in [7, 11) is 0. The molecule has 2 atom stereocenters. The molecule has 1 aromatic carbocycles. The first-order chi connectivity index (χ1) is 8.84. The molecule has 0 fully saturated rings. The number of alkyl halides is 3. The Morgan fingerprint density at radius 3 is 2.32 bits per heavy atom. The van der Waals surface area contributed by atoms with Crippen molar-refractivity contribution < 1.29 is 17.9 Å². The Kier molecular flexibility index (Phi) is 6.29. The van der Waals surface area contributed by atoms with E-state index in [0.29, 0.717) is 13.1 Å². The van der Waals surface area contributed by atoms with Gasteiger partial charge in [0.15, 0.2) is 6.10 Å². The second-order valence-electron chi connectivity index (χ2n) is 4.17. The zero-order chi connectivity index (χ0) is 14.5. The molecule has 0 aliphatic heterocycles. The monoisotopic (exact) mass is 339 g/mol. The van der Waals surface area contributed by atoms with Crippen molar-refractivity contribution in [3.05, 3.63) is 34.3 Å². The van der Waals surface area contributed by atoms with Gasteiger partial charge >= 0.3 is 6.18 Å². The van der Waals surface area contributed by atoms with Gasteiger partial charge in [-0.05, 0) is 31.2 Å². The fraction of sp³-hybridized carbons (Fsp3) is 0.538. The Labute approximate surface area is 119 Å². The maximum absolute atomic E-state index is 12.6. The molecule has 1 aromatic rings. The summed E-state index contributed by atoms with van der Waals surface area (Å²) >= 11 is 3.29. The molecule has 0 amide bonds. The van der Waals surface area contributed by atoms with E-state index in [4.69, 9.17) is 4.74 Å². The zero-order valence-electron chi connectivity index (χ0n) is 10.8. The number of hydrogen-bond acceptors (Lipinski definition) is 2. The van der Waals surface area contributed by atoms with Gasteiger partial charge in [-0.25, -0.2) is 0 Å². The molecule has 0 aliphatic carbocycles. The summed E-state index contributed by atoms with van der Waals surface area (Å²) in [4.78, 5) is 0. The summed E-state index contributed by atoms with van der Waals surface area (Å²) in [5.74, 6) is 0. The van der Waals surface area contributed by atoms with Crippen molar-refractivity contribution in [2.24, 2.45) is 0 Å². The molecule has 2 unspecified atom stereocenters. The first-order valence-corrected chi connectivity index (χ1v) is 6.82. The van der Waals surface area contributed by atoms with Crippen LogP contribution in [0.5, 0.6) is 0 Å². The Hall–Kier alpha value is -0.590. The number of nitrogens with one attached hydrogen (secondary N) is 1. The van der Waals surface area contributed by atoms with Gasteiger partial charge in [0.05, 0.1) is 6.10 Å². The van der Waals surface area contributed by atoms with Crippen LogP contribution < -0.4 is 5.32 Å². The Balaban J connectivity index is 2.79. The molecule has 0 spiro atoms. The van der Waals surface area contributed by atoms with E-state index < -0.39 is 18.4 Å². The van der Waals surface area contributed by atoms with Gasteiger partial charge in [0, 0.05) is 11.0 Å². The van der Waals surface area contributed by atoms with Gasteiger partial charge in [0.1, 0.15) is 0 Å². The van der Waals surface area contributed by atoms with Gasteiger partial charge in [0.25, 0.3) is 0 Å². The summed E-state index contributed by atoms with van der Waals surface area (Å²) in [5.41, 5.74) is 0.722. The van der Waals surface area contributed by atoms with Crippen LogP contribution in [0.4, 0.5) is 13.2 Å². The molecule has 0 aliphatic rings. The van der Waals surface area contributed by atoms with E-state index in [-0.39, 0.29) is 0 Å². The molecule has 2 nitrogen and oxygen atoms in total. The second-order valence-corrected chi connectivity index (χ2v) is 5.08. The Bertz CT molecular complexity index is 380. The van der Waals surface area contributed by atoms with Crippen LogP contribution in [0.15, 0.2) is 28.7 Å². The highest BCUT2D eigenvalue weighted by atomic mass is 79.9. The SMILES string of the molecule is CCNCC(OC(C)C(F)(F)F)c1ccc(Br)cc1. The first kappa shape index (κ1) is 16.5. The van der Waals surface area contributed by atoms with Gasteiger partial charge in [-0.3, -0.25) is 0 Å². The number of hydrogen-bond donors (Lipinski definition) is 1. The van der Waals surface area contributed by atoms with Crippen molar-refractivity contribution in [2.75, 3.05) is 13.1 Å². The molecule has 0 radical (unpaired) electrons. The maximum atomic E-state index is 12.6. The van der Waals surface area contributed by atoms with Gasteiger partial charge < -0.3 is 10.1 Å². The standard InChI is InChI=1S/C13H17BrF3NO/c1-3-18-8-12(19-9(2)13(15,16)17)10-4-6-11(14)7-5-10/h4-7,9,12,18H,3,8H2,1-2H3. The highest BCUT2D eigenvalue weighted by Crippen LogP contribution is 2.28. The Morgan fingerprint density at radius 2 is 1.84 bits per heavy atom. The summed E-state index contributed by atoms with van der Waals surface area (Å²) in [6.07, 6.45) is -6.76. The van der Waals surface area contributed by atoms with Crippen LogP contribution in [-0.2, 0) is 4.74 Å². The largest absolute Gasteiger partial charge is 0.414 e. The van der Waals surface area contributed by atoms with Crippen LogP contribution in [0.25, 0.3) is 0 Å². The van der Waals surface area contributed by atoms with Crippen LogP contribution in [0.2, 0.25) is 0 Å². The smallest absolute Gasteiger partial charge is 0.360 e. The van der Waals surface area contributed by atoms with E-state index >= 15 is 0 Å². The summed E-state index contributed by atoms with van der Waals surface area (Å²) in [6, 6.07) is 7.09. The Morgan fingerprint density at radius 1 is 1.26 bits per heavy atom. The van der Waals surface area contributed by atoms with E-state index in [2.05, 4.69) is 21.2 Å². The van der Waals surface area contributed by atoms with Crippen LogP contribution in [0, 0.1) is 0 Å². The lowest BCUT2D eigenvalue weighted by Crippen LogP contribution is -2.33. The average Bonchev–Trinajstić information content (AvgIpc) is 2.34. The van der Waals surface area contributed by atoms with Crippen LogP contribution >= 0.6 is 15.9 Å². The van der Waals surface area contributed by atoms with Gasteiger partial charge in [-0.2, -0.15) is 13.2 Å². The van der Waals surface area contributed by atoms with Crippen LogP contribution in [-0.4, -0.2) is 25.4 Å². The molecule has 0 heterocycles. The van der Waals surface area contributed by atoms with Crippen LogP contribution in [0.3, 0.4) is 0 Å². The molecule has 0 aromatic heterocycles. The molecule has 0 saturated carbocycles. The van der Waals surface area contributed by atoms with Crippen LogP contribution in [0.1, 0.15) is 25.5 Å². The fourth-order valence-electron chi connectivity index (χ4n) is 1.52. The van der Waals surface area contributed by atoms with Crippen molar-refractivity contribution in [1.82, 2.24) is 5.32 Å². The van der Waals surface area contributed by atoms with E-state index in [0.717, 1.165) is 17.0 Å². The van der Waals surface area contributed by atoms with E-state index in [1.807, 2.05) is 6.92 Å². The normalized spacial score (nSPS) is 15.3. The lowest BCUT2D eigenvalue weighted by molar-refractivity contribution is -0.227. The molecule has 108 valence electrons. The van der Waals surface area contributed by atoms with Crippen molar-refractivity contribution in [3.63, 3.8) is 0 Å². The quantitative estimate of drug-likeness (QED) is 0.843. The number of ether oxygens (including phenoxy) is 1. The topological polar surface area (TPSA) is 21.3 Å². The maximum Gasteiger partial charge on any atom is 0.414 e. The van der Waals surface area contributed by atoms with Gasteiger partial charge in [-0.1, -0.05) is 35.0 Å². The van der Waals surface area contributed by atoms with E-state index in [9.17, 15) is 13.2 Å². The molecule has 1 rings (SSSR count). The van der Waals surface area contributed by atoms with E-state index in [1.165, 1.54) is 0 Å². The molecule has 0 bridgehead atoms. The number of benzene rings is 1. The molecule has 6 heteroatoms. The third-order valence-electron chi connectivity index (χ3n) is 2.65. The molecule has 1 N–H and O–H groups in total. The predicted molar refractivity (Wildman–Crippen MR) is 72.0 cm³/mol. The number of halogens is 4. The molecular formula is C13H17BrF3NO. The van der Waals surface area contributed by atoms with Crippen molar-refractivity contribution in [1.29, 1.82) is 0 Å². The van der Waals surface area contributed by atoms with Crippen molar-refractivity contribution in [3.8, 4) is 0 Å². The minimum Gasteiger partial charge on any atom is -0.360 e. The minimum absolute atomic E-state index is 0.346. The fourth-order valence-corrected chi connectivity index (χ4v) is 1.79. The highest BCUT2D eigenvalue weighted by Gasteiger charge is 2.38. The molecular weight excluding hydrogens is 323 g/mol. The second kappa shape index (κ2) is 7.26. The summed E-state index contributed by atoms with van der Waals surface area (Å²) < 4.78 is 43.7. The lowest BCUT2D eigenvalue weighted by atomic mass is 10.1. The summed E-state index contributed by atoms with van der Waals surface area (Å²) in [6.45, 7) is 3.94. The minimum atomic E-state index is -4.35. The van der Waals surface area contributed by atoms with Gasteiger partial charge in [-0.15, -0.1) is 0 Å². The number of likely N-dealkylation sites (N-methyl/N-ethyl adjacent to an activating group) is 1. The van der Waals surface area contributed by atoms with Gasteiger partial charge in [0.2, 0.25) is 0 Å². The average molecular weight is 340 g/mol. The highest BCUT2D eigenvalue weighted by molar-refractivity contribution is 9.10. The molecule has 19 heavy (non-hydrogen) atoms. The lowest BCUT2D eigenvalue weighted by Gasteiger charge is -2.24. The predicted octanol–water partition coefficient (Wildman–Crippen LogP) is 4.07.